The lowest BCUT2D eigenvalue weighted by Crippen LogP contribution is -2.41. The molecule has 1 saturated heterocycles. The molecule has 0 spiro atoms. The van der Waals surface area contributed by atoms with E-state index >= 15 is 0 Å². The first-order chi connectivity index (χ1) is 16.2. The van der Waals surface area contributed by atoms with Crippen molar-refractivity contribution in [3.8, 4) is 11.8 Å². The highest BCUT2D eigenvalue weighted by Gasteiger charge is 2.32. The minimum absolute atomic E-state index is 0.0815. The van der Waals surface area contributed by atoms with E-state index in [0.29, 0.717) is 17.4 Å². The Kier molecular flexibility index (Phi) is 6.32. The second-order valence-electron chi connectivity index (χ2n) is 7.76. The Morgan fingerprint density at radius 2 is 1.79 bits per heavy atom. The third-order valence-electron chi connectivity index (χ3n) is 5.66. The summed E-state index contributed by atoms with van der Waals surface area (Å²) in [5, 5.41) is 15.9. The van der Waals surface area contributed by atoms with Crippen molar-refractivity contribution in [2.24, 2.45) is 5.92 Å². The standard InChI is InChI=1S/C22H20F2N6O3S/c23-19-6-5-18(11-20(19)24)34(32,33)29-9-7-14(8-10-29)22(31)28-16-1-3-17(4-2-16)30-21(26)15(12-25)13-27-30/h1-6,11,13-14H,7-10,26H2,(H,28,31). The number of nitrogens with zero attached hydrogens (tertiary/aromatic N) is 4. The van der Waals surface area contributed by atoms with E-state index in [1.807, 2.05) is 6.07 Å². The van der Waals surface area contributed by atoms with Crippen LogP contribution in [0.5, 0.6) is 0 Å². The summed E-state index contributed by atoms with van der Waals surface area (Å²) in [5.41, 5.74) is 7.30. The van der Waals surface area contributed by atoms with Crippen LogP contribution in [0.4, 0.5) is 20.3 Å². The first-order valence-electron chi connectivity index (χ1n) is 10.3. The Bertz CT molecular complexity index is 1370. The predicted molar refractivity (Wildman–Crippen MR) is 119 cm³/mol. The van der Waals surface area contributed by atoms with Crippen LogP contribution >= 0.6 is 0 Å². The van der Waals surface area contributed by atoms with Crippen LogP contribution in [0, 0.1) is 28.9 Å². The Hall–Kier alpha value is -3.82. The maximum absolute atomic E-state index is 13.5. The van der Waals surface area contributed by atoms with Crippen LogP contribution in [0.15, 0.2) is 53.6 Å². The van der Waals surface area contributed by atoms with Gasteiger partial charge in [0, 0.05) is 24.7 Å². The first kappa shape index (κ1) is 23.3. The van der Waals surface area contributed by atoms with E-state index in [9.17, 15) is 22.0 Å². The zero-order chi connectivity index (χ0) is 24.5. The van der Waals surface area contributed by atoms with Gasteiger partial charge in [0.25, 0.3) is 0 Å². The van der Waals surface area contributed by atoms with Gasteiger partial charge in [0.05, 0.1) is 16.8 Å². The summed E-state index contributed by atoms with van der Waals surface area (Å²) in [4.78, 5) is 12.4. The molecule has 1 amide bonds. The fourth-order valence-corrected chi connectivity index (χ4v) is 5.21. The van der Waals surface area contributed by atoms with Crippen LogP contribution in [0.25, 0.3) is 5.69 Å². The molecule has 4 rings (SSSR count). The number of nitrogens with two attached hydrogens (primary N) is 1. The number of nitrogens with one attached hydrogen (secondary N) is 1. The fraction of sp³-hybridized carbons (Fsp3) is 0.227. The Balaban J connectivity index is 1.37. The molecular formula is C22H20F2N6O3S. The van der Waals surface area contributed by atoms with Gasteiger partial charge in [-0.25, -0.2) is 21.9 Å². The molecule has 12 heteroatoms. The van der Waals surface area contributed by atoms with E-state index in [1.165, 1.54) is 15.2 Å². The third-order valence-corrected chi connectivity index (χ3v) is 7.55. The van der Waals surface area contributed by atoms with Gasteiger partial charge in [-0.15, -0.1) is 0 Å². The summed E-state index contributed by atoms with van der Waals surface area (Å²) in [7, 11) is -3.99. The van der Waals surface area contributed by atoms with Crippen molar-refractivity contribution in [3.05, 3.63) is 65.9 Å². The quantitative estimate of drug-likeness (QED) is 0.569. The van der Waals surface area contributed by atoms with Crippen molar-refractivity contribution >= 4 is 27.4 Å². The number of amides is 1. The van der Waals surface area contributed by atoms with Crippen molar-refractivity contribution in [3.63, 3.8) is 0 Å². The molecule has 1 aliphatic heterocycles. The number of anilines is 2. The highest BCUT2D eigenvalue weighted by atomic mass is 32.2. The monoisotopic (exact) mass is 486 g/mol. The molecule has 176 valence electrons. The summed E-state index contributed by atoms with van der Waals surface area (Å²) in [5.74, 6) is -2.80. The number of sulfonamides is 1. The Morgan fingerprint density at radius 1 is 1.12 bits per heavy atom. The number of aromatic nitrogens is 2. The van der Waals surface area contributed by atoms with E-state index in [4.69, 9.17) is 11.0 Å². The van der Waals surface area contributed by atoms with Crippen molar-refractivity contribution in [2.75, 3.05) is 24.1 Å². The Labute approximate surface area is 194 Å². The maximum atomic E-state index is 13.5. The van der Waals surface area contributed by atoms with Gasteiger partial charge < -0.3 is 11.1 Å². The minimum atomic E-state index is -3.99. The van der Waals surface area contributed by atoms with Crippen molar-refractivity contribution < 1.29 is 22.0 Å². The number of halogens is 2. The molecule has 9 nitrogen and oxygen atoms in total. The first-order valence-corrected chi connectivity index (χ1v) is 11.7. The average molecular weight is 487 g/mol. The summed E-state index contributed by atoms with van der Waals surface area (Å²) in [6, 6.07) is 11.1. The normalized spacial score (nSPS) is 15.1. The van der Waals surface area contributed by atoms with Gasteiger partial charge in [0.1, 0.15) is 17.5 Å². The summed E-state index contributed by atoms with van der Waals surface area (Å²) < 4.78 is 54.6. The highest BCUT2D eigenvalue weighted by molar-refractivity contribution is 7.89. The number of hydrogen-bond acceptors (Lipinski definition) is 6. The van der Waals surface area contributed by atoms with Crippen LogP contribution in [-0.2, 0) is 14.8 Å². The molecule has 0 radical (unpaired) electrons. The maximum Gasteiger partial charge on any atom is 0.243 e. The second-order valence-corrected chi connectivity index (χ2v) is 9.70. The van der Waals surface area contributed by atoms with Gasteiger partial charge >= 0.3 is 0 Å². The number of benzene rings is 2. The number of carbonyl (C=O) groups is 1. The molecule has 1 fully saturated rings. The number of piperidine rings is 1. The number of hydrogen-bond donors (Lipinski definition) is 2. The lowest BCUT2D eigenvalue weighted by molar-refractivity contribution is -0.120. The van der Waals surface area contributed by atoms with Crippen LogP contribution in [0.2, 0.25) is 0 Å². The molecule has 2 aromatic carbocycles. The SMILES string of the molecule is N#Cc1cnn(-c2ccc(NC(=O)C3CCN(S(=O)(=O)c4ccc(F)c(F)c4)CC3)cc2)c1N. The molecule has 0 atom stereocenters. The number of nitriles is 1. The smallest absolute Gasteiger partial charge is 0.243 e. The third kappa shape index (κ3) is 4.48. The molecule has 2 heterocycles. The van der Waals surface area contributed by atoms with Gasteiger partial charge in [-0.1, -0.05) is 0 Å². The fourth-order valence-electron chi connectivity index (χ4n) is 3.72. The summed E-state index contributed by atoms with van der Waals surface area (Å²) >= 11 is 0. The lowest BCUT2D eigenvalue weighted by atomic mass is 9.97. The average Bonchev–Trinajstić information content (AvgIpc) is 3.21. The van der Waals surface area contributed by atoms with E-state index in [1.54, 1.807) is 24.3 Å². The van der Waals surface area contributed by atoms with Gasteiger partial charge in [-0.05, 0) is 55.3 Å². The van der Waals surface area contributed by atoms with Crippen molar-refractivity contribution in [2.45, 2.75) is 17.7 Å². The molecular weight excluding hydrogens is 466 g/mol. The molecule has 1 aliphatic rings. The Morgan fingerprint density at radius 3 is 2.38 bits per heavy atom. The number of rotatable bonds is 5. The molecule has 0 aliphatic carbocycles. The molecule has 0 bridgehead atoms. The van der Waals surface area contributed by atoms with Crippen molar-refractivity contribution in [1.82, 2.24) is 14.1 Å². The molecule has 3 N–H and O–H groups in total. The van der Waals surface area contributed by atoms with Gasteiger partial charge in [0.2, 0.25) is 15.9 Å². The minimum Gasteiger partial charge on any atom is -0.382 e. The molecule has 34 heavy (non-hydrogen) atoms. The van der Waals surface area contributed by atoms with Gasteiger partial charge in [0.15, 0.2) is 11.6 Å². The largest absolute Gasteiger partial charge is 0.382 e. The molecule has 0 unspecified atom stereocenters. The highest BCUT2D eigenvalue weighted by Crippen LogP contribution is 2.26. The lowest BCUT2D eigenvalue weighted by Gasteiger charge is -2.30. The van der Waals surface area contributed by atoms with E-state index in [2.05, 4.69) is 10.4 Å². The van der Waals surface area contributed by atoms with E-state index < -0.39 is 27.6 Å². The van der Waals surface area contributed by atoms with Crippen LogP contribution in [-0.4, -0.2) is 41.5 Å². The molecule has 1 aromatic heterocycles. The topological polar surface area (TPSA) is 134 Å². The van der Waals surface area contributed by atoms with E-state index in [-0.39, 0.29) is 48.1 Å². The van der Waals surface area contributed by atoms with E-state index in [0.717, 1.165) is 12.1 Å². The van der Waals surface area contributed by atoms with Crippen LogP contribution in [0.3, 0.4) is 0 Å². The number of nitrogen functional groups attached to an aromatic ring is 1. The molecule has 3 aromatic rings. The summed E-state index contributed by atoms with van der Waals surface area (Å²) in [6.45, 7) is 0.163. The zero-order valence-corrected chi connectivity index (χ0v) is 18.6. The molecule has 0 saturated carbocycles. The summed E-state index contributed by atoms with van der Waals surface area (Å²) in [6.07, 6.45) is 1.94. The van der Waals surface area contributed by atoms with Crippen molar-refractivity contribution in [1.29, 1.82) is 5.26 Å². The van der Waals surface area contributed by atoms with Gasteiger partial charge in [-0.3, -0.25) is 4.79 Å². The van der Waals surface area contributed by atoms with Crippen LogP contribution < -0.4 is 11.1 Å². The van der Waals surface area contributed by atoms with Crippen LogP contribution in [0.1, 0.15) is 18.4 Å². The predicted octanol–water partition coefficient (Wildman–Crippen LogP) is 2.64. The number of carbonyl (C=O) groups excluding carboxylic acids is 1. The zero-order valence-electron chi connectivity index (χ0n) is 17.8. The van der Waals surface area contributed by atoms with Gasteiger partial charge in [-0.2, -0.15) is 14.7 Å². The second kappa shape index (κ2) is 9.20.